The third-order valence-corrected chi connectivity index (χ3v) is 6.73. The summed E-state index contributed by atoms with van der Waals surface area (Å²) in [6.07, 6.45) is 3.67. The van der Waals surface area contributed by atoms with Gasteiger partial charge >= 0.3 is 0 Å². The van der Waals surface area contributed by atoms with Crippen LogP contribution in [0.1, 0.15) is 11.3 Å². The molecule has 0 aliphatic carbocycles. The van der Waals surface area contributed by atoms with Gasteiger partial charge in [-0.2, -0.15) is 0 Å². The van der Waals surface area contributed by atoms with Crippen LogP contribution in [0.5, 0.6) is 0 Å². The SMILES string of the molecule is CSc1cccc(N=C2S/C(=C/c3ccc(-c4cccc([N+](=O)[O-])c4C)o3)C(=O)N2C)c1. The van der Waals surface area contributed by atoms with Gasteiger partial charge in [0.15, 0.2) is 5.17 Å². The highest BCUT2D eigenvalue weighted by molar-refractivity contribution is 8.18. The molecule has 0 bridgehead atoms. The predicted octanol–water partition coefficient (Wildman–Crippen LogP) is 6.12. The second kappa shape index (κ2) is 9.05. The van der Waals surface area contributed by atoms with Crippen LogP contribution in [0.4, 0.5) is 11.4 Å². The summed E-state index contributed by atoms with van der Waals surface area (Å²) < 4.78 is 5.89. The first-order chi connectivity index (χ1) is 15.4. The molecule has 2 aromatic carbocycles. The molecule has 162 valence electrons. The lowest BCUT2D eigenvalue weighted by atomic mass is 10.1. The average Bonchev–Trinajstić information content (AvgIpc) is 3.34. The summed E-state index contributed by atoms with van der Waals surface area (Å²) in [6, 6.07) is 16.2. The van der Waals surface area contributed by atoms with Gasteiger partial charge in [0, 0.05) is 35.2 Å². The second-order valence-corrected chi connectivity index (χ2v) is 8.87. The van der Waals surface area contributed by atoms with Gasteiger partial charge in [0.05, 0.1) is 15.5 Å². The van der Waals surface area contributed by atoms with Crippen LogP contribution in [0.15, 0.2) is 73.8 Å². The Bertz CT molecular complexity index is 1280. The van der Waals surface area contributed by atoms with Crippen molar-refractivity contribution in [2.24, 2.45) is 4.99 Å². The van der Waals surface area contributed by atoms with Crippen LogP contribution in [0.2, 0.25) is 0 Å². The molecular formula is C23H19N3O4S2. The van der Waals surface area contributed by atoms with Crippen molar-refractivity contribution in [1.82, 2.24) is 4.90 Å². The molecule has 4 rings (SSSR count). The van der Waals surface area contributed by atoms with Crippen LogP contribution in [0, 0.1) is 17.0 Å². The third kappa shape index (κ3) is 4.35. The highest BCUT2D eigenvalue weighted by atomic mass is 32.2. The molecule has 1 aliphatic heterocycles. The monoisotopic (exact) mass is 465 g/mol. The van der Waals surface area contributed by atoms with Gasteiger partial charge in [0.1, 0.15) is 11.5 Å². The first-order valence-corrected chi connectivity index (χ1v) is 11.7. The van der Waals surface area contributed by atoms with Crippen molar-refractivity contribution in [3.05, 3.63) is 80.9 Å². The summed E-state index contributed by atoms with van der Waals surface area (Å²) in [5.74, 6) is 0.824. The molecule has 1 amide bonds. The zero-order chi connectivity index (χ0) is 22.8. The number of amides is 1. The fraction of sp³-hybridized carbons (Fsp3) is 0.130. The maximum Gasteiger partial charge on any atom is 0.273 e. The minimum atomic E-state index is -0.413. The number of hydrogen-bond acceptors (Lipinski definition) is 7. The van der Waals surface area contributed by atoms with E-state index in [1.807, 2.05) is 30.5 Å². The van der Waals surface area contributed by atoms with Crippen LogP contribution >= 0.6 is 23.5 Å². The van der Waals surface area contributed by atoms with Crippen molar-refractivity contribution in [3.63, 3.8) is 0 Å². The average molecular weight is 466 g/mol. The summed E-state index contributed by atoms with van der Waals surface area (Å²) >= 11 is 2.91. The van der Waals surface area contributed by atoms with E-state index in [9.17, 15) is 14.9 Å². The van der Waals surface area contributed by atoms with Gasteiger partial charge in [-0.05, 0) is 55.3 Å². The van der Waals surface area contributed by atoms with E-state index >= 15 is 0 Å². The zero-order valence-electron chi connectivity index (χ0n) is 17.6. The molecule has 3 aromatic rings. The van der Waals surface area contributed by atoms with E-state index in [-0.39, 0.29) is 11.6 Å². The van der Waals surface area contributed by atoms with E-state index in [4.69, 9.17) is 4.42 Å². The topological polar surface area (TPSA) is 89.0 Å². The number of nitro benzene ring substituents is 1. The van der Waals surface area contributed by atoms with E-state index in [2.05, 4.69) is 4.99 Å². The van der Waals surface area contributed by atoms with Crippen LogP contribution in [0.25, 0.3) is 17.4 Å². The summed E-state index contributed by atoms with van der Waals surface area (Å²) in [5, 5.41) is 11.8. The lowest BCUT2D eigenvalue weighted by Gasteiger charge is -2.07. The van der Waals surface area contributed by atoms with E-state index in [0.29, 0.717) is 32.7 Å². The molecule has 1 saturated heterocycles. The molecule has 0 unspecified atom stereocenters. The number of carbonyl (C=O) groups excluding carboxylic acids is 1. The van der Waals surface area contributed by atoms with E-state index < -0.39 is 4.92 Å². The fourth-order valence-electron chi connectivity index (χ4n) is 3.23. The molecule has 0 atom stereocenters. The van der Waals surface area contributed by atoms with Gasteiger partial charge in [0.25, 0.3) is 11.6 Å². The first kappa shape index (κ1) is 21.9. The normalized spacial score (nSPS) is 16.3. The van der Waals surface area contributed by atoms with Crippen molar-refractivity contribution >= 4 is 52.0 Å². The fourth-order valence-corrected chi connectivity index (χ4v) is 4.65. The van der Waals surface area contributed by atoms with Crippen LogP contribution in [0.3, 0.4) is 0 Å². The summed E-state index contributed by atoms with van der Waals surface area (Å²) in [5.41, 5.74) is 1.98. The Hall–Kier alpha value is -3.30. The van der Waals surface area contributed by atoms with Crippen molar-refractivity contribution in [2.45, 2.75) is 11.8 Å². The predicted molar refractivity (Wildman–Crippen MR) is 129 cm³/mol. The number of furan rings is 1. The number of benzene rings is 2. The first-order valence-electron chi connectivity index (χ1n) is 9.62. The van der Waals surface area contributed by atoms with Gasteiger partial charge in [-0.25, -0.2) is 4.99 Å². The Morgan fingerprint density at radius 1 is 1.19 bits per heavy atom. The number of rotatable bonds is 5. The Kier molecular flexibility index (Phi) is 6.20. The van der Waals surface area contributed by atoms with E-state index in [1.54, 1.807) is 56.1 Å². The molecule has 1 aromatic heterocycles. The van der Waals surface area contributed by atoms with Gasteiger partial charge in [-0.15, -0.1) is 11.8 Å². The van der Waals surface area contributed by atoms with Gasteiger partial charge < -0.3 is 4.42 Å². The highest BCUT2D eigenvalue weighted by Crippen LogP contribution is 2.35. The molecule has 32 heavy (non-hydrogen) atoms. The molecular weight excluding hydrogens is 446 g/mol. The maximum atomic E-state index is 12.7. The van der Waals surface area contributed by atoms with Crippen molar-refractivity contribution in [3.8, 4) is 11.3 Å². The summed E-state index contributed by atoms with van der Waals surface area (Å²) in [4.78, 5) is 31.2. The second-order valence-electron chi connectivity index (χ2n) is 6.98. The molecule has 0 radical (unpaired) electrons. The summed E-state index contributed by atoms with van der Waals surface area (Å²) in [7, 11) is 1.69. The Labute approximate surface area is 193 Å². The Morgan fingerprint density at radius 2 is 1.97 bits per heavy atom. The maximum absolute atomic E-state index is 12.7. The number of hydrogen-bond donors (Lipinski definition) is 0. The van der Waals surface area contributed by atoms with Crippen LogP contribution in [-0.2, 0) is 4.79 Å². The molecule has 1 aliphatic rings. The van der Waals surface area contributed by atoms with Crippen LogP contribution in [-0.4, -0.2) is 34.2 Å². The molecule has 9 heteroatoms. The van der Waals surface area contributed by atoms with E-state index in [1.165, 1.54) is 22.7 Å². The lowest BCUT2D eigenvalue weighted by Crippen LogP contribution is -2.23. The molecule has 0 saturated carbocycles. The Balaban J connectivity index is 1.61. The van der Waals surface area contributed by atoms with Crippen molar-refractivity contribution < 1.29 is 14.1 Å². The minimum absolute atomic E-state index is 0.0355. The minimum Gasteiger partial charge on any atom is -0.457 e. The van der Waals surface area contributed by atoms with Gasteiger partial charge in [0.2, 0.25) is 0 Å². The Morgan fingerprint density at radius 3 is 2.72 bits per heavy atom. The molecule has 2 heterocycles. The molecule has 0 spiro atoms. The van der Waals surface area contributed by atoms with Gasteiger partial charge in [-0.1, -0.05) is 18.2 Å². The summed E-state index contributed by atoms with van der Waals surface area (Å²) in [6.45, 7) is 1.69. The number of nitro groups is 1. The largest absolute Gasteiger partial charge is 0.457 e. The van der Waals surface area contributed by atoms with Crippen molar-refractivity contribution in [2.75, 3.05) is 13.3 Å². The van der Waals surface area contributed by atoms with Gasteiger partial charge in [-0.3, -0.25) is 19.8 Å². The zero-order valence-corrected chi connectivity index (χ0v) is 19.2. The molecule has 7 nitrogen and oxygen atoms in total. The van der Waals surface area contributed by atoms with Crippen molar-refractivity contribution in [1.29, 1.82) is 0 Å². The number of carbonyl (C=O) groups is 1. The number of aliphatic imine (C=N–C) groups is 1. The molecule has 0 N–H and O–H groups in total. The lowest BCUT2D eigenvalue weighted by molar-refractivity contribution is -0.385. The number of amidine groups is 1. The number of thioether (sulfide) groups is 2. The number of nitrogens with zero attached hydrogens (tertiary/aromatic N) is 3. The highest BCUT2D eigenvalue weighted by Gasteiger charge is 2.30. The van der Waals surface area contributed by atoms with Crippen LogP contribution < -0.4 is 0 Å². The van der Waals surface area contributed by atoms with E-state index in [0.717, 1.165) is 10.6 Å². The molecule has 1 fully saturated rings. The third-order valence-electron chi connectivity index (χ3n) is 4.95. The quantitative estimate of drug-likeness (QED) is 0.195. The number of likely N-dealkylation sites (N-methyl/N-ethyl adjacent to an activating group) is 1. The standard InChI is InChI=1S/C23H19N3O4S2/c1-14-18(8-5-9-19(14)26(28)29)20-11-10-16(30-20)13-21-22(27)25(2)23(32-21)24-15-6-4-7-17(12-15)31-3/h4-13H,1-3H3/b21-13+,24-23?. The smallest absolute Gasteiger partial charge is 0.273 e.